The van der Waals surface area contributed by atoms with Gasteiger partial charge < -0.3 is 5.32 Å². The van der Waals surface area contributed by atoms with Crippen LogP contribution in [-0.2, 0) is 0 Å². The molecule has 0 spiro atoms. The Balaban J connectivity index is 1.93. The molecule has 17 heavy (non-hydrogen) atoms. The van der Waals surface area contributed by atoms with Gasteiger partial charge in [0.25, 0.3) is 0 Å². The molecule has 1 N–H and O–H groups in total. The molecule has 0 aromatic heterocycles. The zero-order valence-corrected chi connectivity index (χ0v) is 10.7. The molecule has 0 radical (unpaired) electrons. The van der Waals surface area contributed by atoms with Crippen LogP contribution in [0.1, 0.15) is 31.4 Å². The number of halogens is 2. The molecule has 1 aliphatic heterocycles. The monoisotopic (exact) mass is 257 g/mol. The van der Waals surface area contributed by atoms with Crippen LogP contribution in [0.5, 0.6) is 0 Å². The fraction of sp³-hybridized carbons (Fsp3) is 0.538. The zero-order chi connectivity index (χ0) is 12.3. The summed E-state index contributed by atoms with van der Waals surface area (Å²) < 4.78 is 26.6. The lowest BCUT2D eigenvalue weighted by Crippen LogP contribution is -2.26. The summed E-state index contributed by atoms with van der Waals surface area (Å²) in [4.78, 5) is 0. The number of hydrogen-bond donors (Lipinski definition) is 1. The van der Waals surface area contributed by atoms with Gasteiger partial charge in [-0.3, -0.25) is 0 Å². The standard InChI is InChI=1S/C13H17F2NS/c1-9(16-8-11-3-2-6-17-11)12-7-10(14)4-5-13(12)15/h4-5,7,9,11,16H,2-3,6,8H2,1H3. The van der Waals surface area contributed by atoms with E-state index in [1.807, 2.05) is 18.7 Å². The van der Waals surface area contributed by atoms with E-state index in [1.165, 1.54) is 30.7 Å². The predicted molar refractivity (Wildman–Crippen MR) is 68.3 cm³/mol. The highest BCUT2D eigenvalue weighted by Crippen LogP contribution is 2.26. The first-order valence-corrected chi connectivity index (χ1v) is 7.01. The van der Waals surface area contributed by atoms with Crippen LogP contribution in [0.4, 0.5) is 8.78 Å². The summed E-state index contributed by atoms with van der Waals surface area (Å²) in [6.45, 7) is 2.74. The van der Waals surface area contributed by atoms with Gasteiger partial charge in [-0.15, -0.1) is 0 Å². The van der Waals surface area contributed by atoms with Crippen molar-refractivity contribution >= 4 is 11.8 Å². The lowest BCUT2D eigenvalue weighted by molar-refractivity contribution is 0.514. The summed E-state index contributed by atoms with van der Waals surface area (Å²) in [5.74, 6) is 0.491. The second-order valence-corrected chi connectivity index (χ2v) is 5.84. The van der Waals surface area contributed by atoms with E-state index in [0.717, 1.165) is 12.6 Å². The van der Waals surface area contributed by atoms with Crippen molar-refractivity contribution in [1.29, 1.82) is 0 Å². The van der Waals surface area contributed by atoms with Crippen molar-refractivity contribution in [3.63, 3.8) is 0 Å². The predicted octanol–water partition coefficient (Wildman–Crippen LogP) is 3.51. The zero-order valence-electron chi connectivity index (χ0n) is 9.88. The fourth-order valence-corrected chi connectivity index (χ4v) is 3.28. The Labute approximate surface area is 105 Å². The minimum atomic E-state index is -0.384. The third-order valence-electron chi connectivity index (χ3n) is 3.10. The normalized spacial score (nSPS) is 21.7. The molecule has 0 amide bonds. The average Bonchev–Trinajstić information content (AvgIpc) is 2.82. The van der Waals surface area contributed by atoms with E-state index in [1.54, 1.807) is 0 Å². The summed E-state index contributed by atoms with van der Waals surface area (Å²) in [5.41, 5.74) is 0.410. The largest absolute Gasteiger partial charge is 0.309 e. The molecule has 94 valence electrons. The summed E-state index contributed by atoms with van der Waals surface area (Å²) in [5, 5.41) is 3.90. The van der Waals surface area contributed by atoms with Crippen molar-refractivity contribution in [3.8, 4) is 0 Å². The third kappa shape index (κ3) is 3.42. The van der Waals surface area contributed by atoms with Gasteiger partial charge in [0.05, 0.1) is 0 Å². The van der Waals surface area contributed by atoms with Gasteiger partial charge >= 0.3 is 0 Å². The van der Waals surface area contributed by atoms with E-state index in [9.17, 15) is 8.78 Å². The van der Waals surface area contributed by atoms with E-state index >= 15 is 0 Å². The molecular formula is C13H17F2NS. The van der Waals surface area contributed by atoms with E-state index in [-0.39, 0.29) is 17.7 Å². The number of nitrogens with one attached hydrogen (secondary N) is 1. The second kappa shape index (κ2) is 5.83. The van der Waals surface area contributed by atoms with Gasteiger partial charge in [0.2, 0.25) is 0 Å². The second-order valence-electron chi connectivity index (χ2n) is 4.43. The average molecular weight is 257 g/mol. The van der Waals surface area contributed by atoms with E-state index < -0.39 is 0 Å². The molecule has 1 nitrogen and oxygen atoms in total. The Morgan fingerprint density at radius 2 is 2.29 bits per heavy atom. The molecule has 0 saturated carbocycles. The van der Waals surface area contributed by atoms with Crippen LogP contribution in [0, 0.1) is 11.6 Å². The van der Waals surface area contributed by atoms with Crippen molar-refractivity contribution in [2.24, 2.45) is 0 Å². The van der Waals surface area contributed by atoms with Gasteiger partial charge in [0.15, 0.2) is 0 Å². The number of rotatable bonds is 4. The van der Waals surface area contributed by atoms with Crippen molar-refractivity contribution in [2.75, 3.05) is 12.3 Å². The molecule has 1 heterocycles. The van der Waals surface area contributed by atoms with Gasteiger partial charge in [0.1, 0.15) is 11.6 Å². The van der Waals surface area contributed by atoms with E-state index in [0.29, 0.717) is 10.8 Å². The maximum absolute atomic E-state index is 13.5. The molecule has 1 aromatic rings. The maximum Gasteiger partial charge on any atom is 0.128 e. The molecule has 4 heteroatoms. The van der Waals surface area contributed by atoms with Crippen molar-refractivity contribution < 1.29 is 8.78 Å². The first-order valence-electron chi connectivity index (χ1n) is 5.97. The highest BCUT2D eigenvalue weighted by atomic mass is 32.2. The van der Waals surface area contributed by atoms with Crippen LogP contribution in [-0.4, -0.2) is 17.5 Å². The molecule has 1 aromatic carbocycles. The maximum atomic E-state index is 13.5. The molecule has 1 saturated heterocycles. The summed E-state index contributed by atoms with van der Waals surface area (Å²) in [6.07, 6.45) is 2.48. The highest BCUT2D eigenvalue weighted by molar-refractivity contribution is 8.00. The van der Waals surface area contributed by atoms with Crippen molar-refractivity contribution in [3.05, 3.63) is 35.4 Å². The molecule has 2 unspecified atom stereocenters. The highest BCUT2D eigenvalue weighted by Gasteiger charge is 2.17. The topological polar surface area (TPSA) is 12.0 Å². The Hall–Kier alpha value is -0.610. The van der Waals surface area contributed by atoms with Crippen LogP contribution in [0.2, 0.25) is 0 Å². The number of benzene rings is 1. The van der Waals surface area contributed by atoms with Crippen molar-refractivity contribution in [1.82, 2.24) is 5.32 Å². The Morgan fingerprint density at radius 1 is 1.47 bits per heavy atom. The van der Waals surface area contributed by atoms with Gasteiger partial charge in [-0.25, -0.2) is 8.78 Å². The van der Waals surface area contributed by atoms with E-state index in [4.69, 9.17) is 0 Å². The molecule has 1 fully saturated rings. The molecule has 2 rings (SSSR count). The molecule has 0 aliphatic carbocycles. The molecular weight excluding hydrogens is 240 g/mol. The van der Waals surface area contributed by atoms with E-state index in [2.05, 4.69) is 5.32 Å². The minimum Gasteiger partial charge on any atom is -0.309 e. The Kier molecular flexibility index (Phi) is 4.40. The number of thioether (sulfide) groups is 1. The van der Waals surface area contributed by atoms with Crippen LogP contribution in [0.3, 0.4) is 0 Å². The number of hydrogen-bond acceptors (Lipinski definition) is 2. The van der Waals surface area contributed by atoms with Crippen LogP contribution in [0.15, 0.2) is 18.2 Å². The van der Waals surface area contributed by atoms with Crippen molar-refractivity contribution in [2.45, 2.75) is 31.1 Å². The van der Waals surface area contributed by atoms with Crippen LogP contribution in [0.25, 0.3) is 0 Å². The van der Waals surface area contributed by atoms with Gasteiger partial charge in [-0.1, -0.05) is 0 Å². The summed E-state index contributed by atoms with van der Waals surface area (Å²) >= 11 is 1.96. The smallest absolute Gasteiger partial charge is 0.128 e. The molecule has 1 aliphatic rings. The van der Waals surface area contributed by atoms with Crippen LogP contribution < -0.4 is 5.32 Å². The van der Waals surface area contributed by atoms with Gasteiger partial charge in [-0.2, -0.15) is 11.8 Å². The third-order valence-corrected chi connectivity index (χ3v) is 4.50. The summed E-state index contributed by atoms with van der Waals surface area (Å²) in [6, 6.07) is 3.47. The van der Waals surface area contributed by atoms with Crippen LogP contribution >= 0.6 is 11.8 Å². The summed E-state index contributed by atoms with van der Waals surface area (Å²) in [7, 11) is 0. The first-order chi connectivity index (χ1) is 8.16. The van der Waals surface area contributed by atoms with Gasteiger partial charge in [0, 0.05) is 23.4 Å². The minimum absolute atomic E-state index is 0.146. The van der Waals surface area contributed by atoms with Gasteiger partial charge in [-0.05, 0) is 43.7 Å². The lowest BCUT2D eigenvalue weighted by atomic mass is 10.1. The first kappa shape index (κ1) is 12.8. The lowest BCUT2D eigenvalue weighted by Gasteiger charge is -2.17. The Bertz CT molecular complexity index is 378. The SMILES string of the molecule is CC(NCC1CCCS1)c1cc(F)ccc1F. The Morgan fingerprint density at radius 3 is 3.00 bits per heavy atom. The molecule has 0 bridgehead atoms. The quantitative estimate of drug-likeness (QED) is 0.886. The molecule has 2 atom stereocenters. The fourth-order valence-electron chi connectivity index (χ4n) is 2.07.